The molecular weight excluding hydrogens is 333 g/mol. The van der Waals surface area contributed by atoms with Crippen molar-refractivity contribution in [1.82, 2.24) is 20.0 Å². The standard InChI is InChI=1S/C15H12FN5O2S/c1-8-7-12(22)13(14(23)17-15-19-18-9(2)24-15)20-21(8)11-6-4-3-5-10(11)16/h3-7H,1-2H3,(H,17,19,23). The van der Waals surface area contributed by atoms with E-state index in [1.54, 1.807) is 26.0 Å². The fraction of sp³-hybridized carbons (Fsp3) is 0.133. The van der Waals surface area contributed by atoms with Gasteiger partial charge >= 0.3 is 0 Å². The van der Waals surface area contributed by atoms with Crippen LogP contribution in [0.5, 0.6) is 0 Å². The van der Waals surface area contributed by atoms with E-state index in [0.29, 0.717) is 10.7 Å². The average Bonchev–Trinajstić information content (AvgIpc) is 2.93. The average molecular weight is 345 g/mol. The van der Waals surface area contributed by atoms with Crippen LogP contribution < -0.4 is 10.7 Å². The number of nitrogens with zero attached hydrogens (tertiary/aromatic N) is 4. The second-order valence-electron chi connectivity index (χ2n) is 4.94. The number of hydrogen-bond acceptors (Lipinski definition) is 6. The molecule has 0 spiro atoms. The third kappa shape index (κ3) is 3.06. The van der Waals surface area contributed by atoms with Gasteiger partial charge in [0.2, 0.25) is 10.6 Å². The molecule has 1 amide bonds. The smallest absolute Gasteiger partial charge is 0.282 e. The summed E-state index contributed by atoms with van der Waals surface area (Å²) in [5, 5.41) is 15.0. The van der Waals surface area contributed by atoms with Crippen molar-refractivity contribution < 1.29 is 9.18 Å². The molecule has 0 aliphatic rings. The first-order valence-electron chi connectivity index (χ1n) is 6.93. The van der Waals surface area contributed by atoms with Gasteiger partial charge in [-0.05, 0) is 26.0 Å². The Kier molecular flexibility index (Phi) is 4.17. The third-order valence-electron chi connectivity index (χ3n) is 3.15. The molecule has 2 aromatic heterocycles. The molecule has 0 aliphatic carbocycles. The number of aromatic nitrogens is 4. The van der Waals surface area contributed by atoms with Crippen molar-refractivity contribution in [3.8, 4) is 5.69 Å². The van der Waals surface area contributed by atoms with E-state index in [0.717, 1.165) is 0 Å². The molecule has 9 heteroatoms. The predicted molar refractivity (Wildman–Crippen MR) is 87.1 cm³/mol. The van der Waals surface area contributed by atoms with E-state index in [4.69, 9.17) is 0 Å². The second-order valence-corrected chi connectivity index (χ2v) is 6.12. The zero-order valence-electron chi connectivity index (χ0n) is 12.8. The fourth-order valence-electron chi connectivity index (χ4n) is 2.08. The van der Waals surface area contributed by atoms with Crippen LogP contribution in [-0.4, -0.2) is 25.9 Å². The summed E-state index contributed by atoms with van der Waals surface area (Å²) in [4.78, 5) is 24.4. The number of rotatable bonds is 3. The summed E-state index contributed by atoms with van der Waals surface area (Å²) < 4.78 is 15.2. The number of hydrogen-bond donors (Lipinski definition) is 1. The lowest BCUT2D eigenvalue weighted by atomic mass is 10.2. The van der Waals surface area contributed by atoms with Crippen LogP contribution in [0.15, 0.2) is 35.1 Å². The van der Waals surface area contributed by atoms with E-state index in [9.17, 15) is 14.0 Å². The number of benzene rings is 1. The number of amides is 1. The Balaban J connectivity index is 2.03. The Hall–Kier alpha value is -2.94. The van der Waals surface area contributed by atoms with Gasteiger partial charge in [0, 0.05) is 11.8 Å². The maximum absolute atomic E-state index is 14.0. The summed E-state index contributed by atoms with van der Waals surface area (Å²) >= 11 is 1.17. The van der Waals surface area contributed by atoms with Gasteiger partial charge in [0.1, 0.15) is 16.5 Å². The Morgan fingerprint density at radius 2 is 2.00 bits per heavy atom. The van der Waals surface area contributed by atoms with Crippen LogP contribution in [0.4, 0.5) is 9.52 Å². The van der Waals surface area contributed by atoms with E-state index in [-0.39, 0.29) is 16.5 Å². The molecule has 1 N–H and O–H groups in total. The van der Waals surface area contributed by atoms with Gasteiger partial charge in [0.25, 0.3) is 5.91 Å². The first-order valence-corrected chi connectivity index (χ1v) is 7.74. The predicted octanol–water partition coefficient (Wildman–Crippen LogP) is 2.09. The Labute approximate surface area is 139 Å². The lowest BCUT2D eigenvalue weighted by molar-refractivity contribution is 0.101. The van der Waals surface area contributed by atoms with E-state index < -0.39 is 17.2 Å². The van der Waals surface area contributed by atoms with Gasteiger partial charge in [0.15, 0.2) is 5.69 Å². The molecular formula is C15H12FN5O2S. The Bertz CT molecular complexity index is 982. The largest absolute Gasteiger partial charge is 0.295 e. The molecule has 0 saturated heterocycles. The van der Waals surface area contributed by atoms with E-state index >= 15 is 0 Å². The fourth-order valence-corrected chi connectivity index (χ4v) is 2.66. The maximum Gasteiger partial charge on any atom is 0.282 e. The topological polar surface area (TPSA) is 89.8 Å². The molecule has 3 rings (SSSR count). The van der Waals surface area contributed by atoms with Crippen molar-refractivity contribution in [2.24, 2.45) is 0 Å². The number of carbonyl (C=O) groups excluding carboxylic acids is 1. The summed E-state index contributed by atoms with van der Waals surface area (Å²) in [6.07, 6.45) is 0. The molecule has 0 aliphatic heterocycles. The normalized spacial score (nSPS) is 10.6. The molecule has 3 aromatic rings. The number of anilines is 1. The minimum absolute atomic E-state index is 0.149. The van der Waals surface area contributed by atoms with Crippen LogP contribution in [-0.2, 0) is 0 Å². The van der Waals surface area contributed by atoms with Crippen molar-refractivity contribution in [2.75, 3.05) is 5.32 Å². The first-order chi connectivity index (χ1) is 11.5. The molecule has 0 unspecified atom stereocenters. The molecule has 0 saturated carbocycles. The van der Waals surface area contributed by atoms with Crippen molar-refractivity contribution in [1.29, 1.82) is 0 Å². The van der Waals surface area contributed by atoms with Gasteiger partial charge in [-0.15, -0.1) is 10.2 Å². The highest BCUT2D eigenvalue weighted by molar-refractivity contribution is 7.15. The van der Waals surface area contributed by atoms with Gasteiger partial charge in [-0.3, -0.25) is 14.9 Å². The summed E-state index contributed by atoms with van der Waals surface area (Å²) in [6, 6.07) is 7.21. The molecule has 1 aromatic carbocycles. The van der Waals surface area contributed by atoms with Crippen LogP contribution in [0, 0.1) is 19.7 Å². The van der Waals surface area contributed by atoms with Gasteiger partial charge in [-0.25, -0.2) is 9.07 Å². The van der Waals surface area contributed by atoms with Crippen LogP contribution in [0.1, 0.15) is 21.2 Å². The number of halogens is 1. The lowest BCUT2D eigenvalue weighted by Gasteiger charge is -2.11. The highest BCUT2D eigenvalue weighted by Crippen LogP contribution is 2.15. The molecule has 24 heavy (non-hydrogen) atoms. The molecule has 2 heterocycles. The summed E-state index contributed by atoms with van der Waals surface area (Å²) in [5.41, 5.74) is -0.347. The highest BCUT2D eigenvalue weighted by Gasteiger charge is 2.18. The third-order valence-corrected chi connectivity index (χ3v) is 3.90. The molecule has 0 bridgehead atoms. The Morgan fingerprint density at radius 1 is 1.25 bits per heavy atom. The maximum atomic E-state index is 14.0. The van der Waals surface area contributed by atoms with Gasteiger partial charge in [0.05, 0.1) is 0 Å². The molecule has 0 atom stereocenters. The monoisotopic (exact) mass is 345 g/mol. The quantitative estimate of drug-likeness (QED) is 0.785. The van der Waals surface area contributed by atoms with E-state index in [2.05, 4.69) is 20.6 Å². The number of para-hydroxylation sites is 1. The van der Waals surface area contributed by atoms with Gasteiger partial charge < -0.3 is 0 Å². The first kappa shape index (κ1) is 15.9. The zero-order chi connectivity index (χ0) is 17.3. The summed E-state index contributed by atoms with van der Waals surface area (Å²) in [6.45, 7) is 3.35. The van der Waals surface area contributed by atoms with Crippen LogP contribution in [0.3, 0.4) is 0 Å². The van der Waals surface area contributed by atoms with E-state index in [1.165, 1.54) is 34.2 Å². The second kappa shape index (κ2) is 6.28. The Morgan fingerprint density at radius 3 is 2.67 bits per heavy atom. The summed E-state index contributed by atoms with van der Waals surface area (Å²) in [7, 11) is 0. The van der Waals surface area contributed by atoms with Crippen molar-refractivity contribution in [2.45, 2.75) is 13.8 Å². The minimum atomic E-state index is -0.721. The van der Waals surface area contributed by atoms with Gasteiger partial charge in [-0.2, -0.15) is 5.10 Å². The highest BCUT2D eigenvalue weighted by atomic mass is 32.1. The molecule has 0 fully saturated rings. The van der Waals surface area contributed by atoms with Crippen molar-refractivity contribution >= 4 is 22.4 Å². The number of nitrogens with one attached hydrogen (secondary N) is 1. The SMILES string of the molecule is Cc1nnc(NC(=O)c2nn(-c3ccccc3F)c(C)cc2=O)s1. The minimum Gasteiger partial charge on any atom is -0.295 e. The van der Waals surface area contributed by atoms with Crippen LogP contribution >= 0.6 is 11.3 Å². The lowest BCUT2D eigenvalue weighted by Crippen LogP contribution is -2.27. The summed E-state index contributed by atoms with van der Waals surface area (Å²) in [5.74, 6) is -1.23. The zero-order valence-corrected chi connectivity index (χ0v) is 13.6. The van der Waals surface area contributed by atoms with E-state index in [1.807, 2.05) is 0 Å². The molecule has 122 valence electrons. The number of aryl methyl sites for hydroxylation is 2. The van der Waals surface area contributed by atoms with Gasteiger partial charge in [-0.1, -0.05) is 23.5 Å². The van der Waals surface area contributed by atoms with Crippen molar-refractivity contribution in [3.63, 3.8) is 0 Å². The number of carbonyl (C=O) groups is 1. The molecule has 7 nitrogen and oxygen atoms in total. The van der Waals surface area contributed by atoms with Crippen molar-refractivity contribution in [3.05, 3.63) is 62.8 Å². The molecule has 0 radical (unpaired) electrons. The van der Waals surface area contributed by atoms with Crippen LogP contribution in [0.2, 0.25) is 0 Å². The van der Waals surface area contributed by atoms with Crippen LogP contribution in [0.25, 0.3) is 5.69 Å².